The summed E-state index contributed by atoms with van der Waals surface area (Å²) in [5.74, 6) is -0.918. The number of allylic oxidation sites excluding steroid dienone is 18. The molecule has 0 aromatic carbocycles. The van der Waals surface area contributed by atoms with Crippen molar-refractivity contribution in [2.45, 2.75) is 297 Å². The van der Waals surface area contributed by atoms with E-state index >= 15 is 0 Å². The number of rotatable bonds is 56. The van der Waals surface area contributed by atoms with Gasteiger partial charge in [-0.1, -0.05) is 278 Å². The summed E-state index contributed by atoms with van der Waals surface area (Å²) in [4.78, 5) is 38.3. The molecule has 0 aliphatic rings. The molecular weight excluding hydrogens is 925 g/mol. The molecule has 0 amide bonds. The molecule has 0 radical (unpaired) electrons. The van der Waals surface area contributed by atoms with Gasteiger partial charge in [0.2, 0.25) is 0 Å². The van der Waals surface area contributed by atoms with E-state index in [2.05, 4.69) is 130 Å². The summed E-state index contributed by atoms with van der Waals surface area (Å²) in [6.07, 6.45) is 85.1. The Morgan fingerprint density at radius 1 is 0.280 bits per heavy atom. The van der Waals surface area contributed by atoms with E-state index in [1.165, 1.54) is 116 Å². The van der Waals surface area contributed by atoms with Gasteiger partial charge in [-0.2, -0.15) is 0 Å². The van der Waals surface area contributed by atoms with Crippen LogP contribution in [0.4, 0.5) is 0 Å². The van der Waals surface area contributed by atoms with Gasteiger partial charge in [0.05, 0.1) is 0 Å². The number of esters is 3. The van der Waals surface area contributed by atoms with Gasteiger partial charge in [0, 0.05) is 19.3 Å². The predicted molar refractivity (Wildman–Crippen MR) is 325 cm³/mol. The quantitative estimate of drug-likeness (QED) is 0.0261. The van der Waals surface area contributed by atoms with Gasteiger partial charge in [-0.05, 0) is 103 Å². The number of hydrogen-bond donors (Lipinski definition) is 0. The highest BCUT2D eigenvalue weighted by molar-refractivity contribution is 5.71. The van der Waals surface area contributed by atoms with Crippen LogP contribution in [0, 0.1) is 0 Å². The molecule has 0 aromatic rings. The van der Waals surface area contributed by atoms with Gasteiger partial charge in [0.25, 0.3) is 0 Å². The zero-order chi connectivity index (χ0) is 54.3. The number of ether oxygens (including phenoxy) is 3. The first kappa shape index (κ1) is 71.1. The molecule has 0 aliphatic heterocycles. The van der Waals surface area contributed by atoms with Gasteiger partial charge in [-0.3, -0.25) is 14.4 Å². The van der Waals surface area contributed by atoms with E-state index in [0.29, 0.717) is 19.3 Å². The Bertz CT molecular complexity index is 1520. The molecule has 0 heterocycles. The lowest BCUT2D eigenvalue weighted by Crippen LogP contribution is -2.30. The molecule has 0 N–H and O–H groups in total. The molecule has 0 bridgehead atoms. The van der Waals surface area contributed by atoms with Crippen molar-refractivity contribution in [3.63, 3.8) is 0 Å². The Balaban J connectivity index is 4.42. The highest BCUT2D eigenvalue weighted by Gasteiger charge is 2.19. The summed E-state index contributed by atoms with van der Waals surface area (Å²) in [7, 11) is 0. The van der Waals surface area contributed by atoms with Crippen LogP contribution in [0.5, 0.6) is 0 Å². The lowest BCUT2D eigenvalue weighted by Gasteiger charge is -2.18. The maximum absolute atomic E-state index is 12.9. The summed E-state index contributed by atoms with van der Waals surface area (Å²) in [6.45, 7) is 6.41. The fourth-order valence-corrected chi connectivity index (χ4v) is 8.64. The maximum Gasteiger partial charge on any atom is 0.306 e. The molecule has 6 nitrogen and oxygen atoms in total. The first-order valence-electron chi connectivity index (χ1n) is 31.4. The van der Waals surface area contributed by atoms with E-state index in [0.717, 1.165) is 135 Å². The second-order valence-corrected chi connectivity index (χ2v) is 20.6. The number of carbonyl (C=O) groups excluding carboxylic acids is 3. The molecule has 1 atom stereocenters. The molecule has 0 aromatic heterocycles. The summed E-state index contributed by atoms with van der Waals surface area (Å²) in [5.41, 5.74) is 0. The molecule has 0 rings (SSSR count). The normalized spacial score (nSPS) is 12.8. The molecule has 0 spiro atoms. The highest BCUT2D eigenvalue weighted by atomic mass is 16.6. The Hall–Kier alpha value is -3.93. The fraction of sp³-hybridized carbons (Fsp3) is 0.696. The van der Waals surface area contributed by atoms with Crippen molar-refractivity contribution in [3.05, 3.63) is 109 Å². The van der Waals surface area contributed by atoms with E-state index in [-0.39, 0.29) is 31.1 Å². The molecule has 75 heavy (non-hydrogen) atoms. The van der Waals surface area contributed by atoms with Crippen molar-refractivity contribution >= 4 is 17.9 Å². The maximum atomic E-state index is 12.9. The van der Waals surface area contributed by atoms with Crippen molar-refractivity contribution in [2.24, 2.45) is 0 Å². The zero-order valence-corrected chi connectivity index (χ0v) is 49.0. The van der Waals surface area contributed by atoms with Gasteiger partial charge < -0.3 is 14.2 Å². The van der Waals surface area contributed by atoms with Crippen LogP contribution in [0.3, 0.4) is 0 Å². The highest BCUT2D eigenvalue weighted by Crippen LogP contribution is 2.16. The molecular formula is C69H116O6. The van der Waals surface area contributed by atoms with Crippen molar-refractivity contribution in [1.29, 1.82) is 0 Å². The minimum absolute atomic E-state index is 0.0905. The van der Waals surface area contributed by atoms with Crippen LogP contribution >= 0.6 is 0 Å². The van der Waals surface area contributed by atoms with E-state index in [9.17, 15) is 14.4 Å². The average Bonchev–Trinajstić information content (AvgIpc) is 3.41. The SMILES string of the molecule is CC/C=C\C/C=C\C/C=C\C/C=C\C/C=C\CCCCCCCCCC(=O)OCC(COC(=O)CCCCCCCCCCCCCCCCCCC)OC(=O)CCCCCC/C=C\C/C=C\C/C=C\C/C=C\CC. The number of carbonyl (C=O) groups is 3. The Labute approximate surface area is 463 Å². The fourth-order valence-electron chi connectivity index (χ4n) is 8.64. The van der Waals surface area contributed by atoms with Crippen LogP contribution in [0.2, 0.25) is 0 Å². The smallest absolute Gasteiger partial charge is 0.306 e. The minimum Gasteiger partial charge on any atom is -0.462 e. The van der Waals surface area contributed by atoms with Crippen LogP contribution in [0.25, 0.3) is 0 Å². The first-order valence-corrected chi connectivity index (χ1v) is 31.4. The van der Waals surface area contributed by atoms with E-state index in [1.807, 2.05) is 0 Å². The van der Waals surface area contributed by atoms with Crippen molar-refractivity contribution < 1.29 is 28.6 Å². The second-order valence-electron chi connectivity index (χ2n) is 20.6. The Morgan fingerprint density at radius 2 is 0.520 bits per heavy atom. The molecule has 0 aliphatic carbocycles. The molecule has 0 fully saturated rings. The summed E-state index contributed by atoms with van der Waals surface area (Å²) >= 11 is 0. The standard InChI is InChI=1S/C69H116O6/c1-4-7-10-13-16-19-22-25-28-31-32-33-34-35-36-39-41-44-47-50-53-56-59-62-68(71)74-65-66(75-69(72)63-60-57-54-51-48-45-42-38-30-27-24-21-18-15-12-9-6-3)64-73-67(70)61-58-55-52-49-46-43-40-37-29-26-23-20-17-14-11-8-5-2/h7,9-10,12,16,18-19,21,25,27-28,30,32-33,35-36,42,45,66H,4-6,8,11,13-15,17,20,22-24,26,29,31,34,37-41,43-44,46-65H2,1-3H3/b10-7-,12-9-,19-16-,21-18-,28-25-,30-27-,33-32-,36-35-,45-42-. The summed E-state index contributed by atoms with van der Waals surface area (Å²) < 4.78 is 16.9. The lowest BCUT2D eigenvalue weighted by atomic mass is 10.0. The third-order valence-electron chi connectivity index (χ3n) is 13.3. The zero-order valence-electron chi connectivity index (χ0n) is 49.0. The predicted octanol–water partition coefficient (Wildman–Crippen LogP) is 21.4. The largest absolute Gasteiger partial charge is 0.462 e. The molecule has 1 unspecified atom stereocenters. The van der Waals surface area contributed by atoms with Crippen LogP contribution in [0.15, 0.2) is 109 Å². The topological polar surface area (TPSA) is 78.9 Å². The number of unbranched alkanes of at least 4 members (excludes halogenated alkanes) is 27. The van der Waals surface area contributed by atoms with Gasteiger partial charge in [-0.25, -0.2) is 0 Å². The van der Waals surface area contributed by atoms with Crippen molar-refractivity contribution in [2.75, 3.05) is 13.2 Å². The van der Waals surface area contributed by atoms with Crippen molar-refractivity contribution in [1.82, 2.24) is 0 Å². The average molecular weight is 1040 g/mol. The monoisotopic (exact) mass is 1040 g/mol. The Morgan fingerprint density at radius 3 is 0.813 bits per heavy atom. The van der Waals surface area contributed by atoms with Gasteiger partial charge >= 0.3 is 17.9 Å². The lowest BCUT2D eigenvalue weighted by molar-refractivity contribution is -0.167. The first-order chi connectivity index (χ1) is 37.0. The van der Waals surface area contributed by atoms with Gasteiger partial charge in [0.15, 0.2) is 6.10 Å². The third-order valence-corrected chi connectivity index (χ3v) is 13.3. The van der Waals surface area contributed by atoms with Gasteiger partial charge in [-0.15, -0.1) is 0 Å². The van der Waals surface area contributed by atoms with Crippen molar-refractivity contribution in [3.8, 4) is 0 Å². The van der Waals surface area contributed by atoms with Crippen LogP contribution < -0.4 is 0 Å². The summed E-state index contributed by atoms with van der Waals surface area (Å²) in [5, 5.41) is 0. The Kier molecular flexibility index (Phi) is 59.3. The van der Waals surface area contributed by atoms with E-state index in [1.54, 1.807) is 0 Å². The van der Waals surface area contributed by atoms with E-state index < -0.39 is 6.10 Å². The molecule has 0 saturated heterocycles. The minimum atomic E-state index is -0.797. The van der Waals surface area contributed by atoms with Crippen LogP contribution in [0.1, 0.15) is 290 Å². The van der Waals surface area contributed by atoms with Crippen LogP contribution in [-0.2, 0) is 28.6 Å². The van der Waals surface area contributed by atoms with E-state index in [4.69, 9.17) is 14.2 Å². The van der Waals surface area contributed by atoms with Crippen LogP contribution in [-0.4, -0.2) is 37.2 Å². The third kappa shape index (κ3) is 60.8. The number of hydrogen-bond acceptors (Lipinski definition) is 6. The molecule has 6 heteroatoms. The molecule has 0 saturated carbocycles. The van der Waals surface area contributed by atoms with Gasteiger partial charge in [0.1, 0.15) is 13.2 Å². The molecule has 428 valence electrons. The second kappa shape index (κ2) is 62.6. The summed E-state index contributed by atoms with van der Waals surface area (Å²) in [6, 6.07) is 0.